The molecule has 0 atom stereocenters. The summed E-state index contributed by atoms with van der Waals surface area (Å²) >= 11 is 0. The van der Waals surface area contributed by atoms with Crippen molar-refractivity contribution in [3.63, 3.8) is 0 Å². The highest BCUT2D eigenvalue weighted by atomic mass is 16.5. The van der Waals surface area contributed by atoms with E-state index in [-0.39, 0.29) is 0 Å². The standard InChI is InChI=1S/C11H14N4O/c1-15-10(7-12)13-14-11(15)8-5-3-4-6-9(8)16-2/h3-6H,7,12H2,1-2H3. The molecule has 0 unspecified atom stereocenters. The van der Waals surface area contributed by atoms with E-state index in [4.69, 9.17) is 10.5 Å². The number of rotatable bonds is 3. The lowest BCUT2D eigenvalue weighted by atomic mass is 10.2. The van der Waals surface area contributed by atoms with Gasteiger partial charge in [0.05, 0.1) is 19.2 Å². The fraction of sp³-hybridized carbons (Fsp3) is 0.273. The molecule has 0 bridgehead atoms. The van der Waals surface area contributed by atoms with Crippen molar-refractivity contribution in [1.82, 2.24) is 14.8 Å². The number of nitrogens with zero attached hydrogens (tertiary/aromatic N) is 3. The quantitative estimate of drug-likeness (QED) is 0.833. The molecule has 1 heterocycles. The van der Waals surface area contributed by atoms with Gasteiger partial charge in [0.1, 0.15) is 11.6 Å². The number of ether oxygens (including phenoxy) is 1. The topological polar surface area (TPSA) is 66.0 Å². The minimum Gasteiger partial charge on any atom is -0.496 e. The number of hydrogen-bond donors (Lipinski definition) is 1. The Morgan fingerprint density at radius 3 is 2.69 bits per heavy atom. The maximum absolute atomic E-state index is 5.56. The van der Waals surface area contributed by atoms with Crippen LogP contribution in [0.3, 0.4) is 0 Å². The summed E-state index contributed by atoms with van der Waals surface area (Å²) < 4.78 is 7.16. The molecule has 1 aromatic heterocycles. The molecule has 0 fully saturated rings. The Labute approximate surface area is 93.9 Å². The van der Waals surface area contributed by atoms with Gasteiger partial charge in [0.25, 0.3) is 0 Å². The molecule has 0 aliphatic carbocycles. The Bertz CT molecular complexity index is 492. The third kappa shape index (κ3) is 1.65. The lowest BCUT2D eigenvalue weighted by Gasteiger charge is -2.07. The van der Waals surface area contributed by atoms with Crippen molar-refractivity contribution in [3.05, 3.63) is 30.1 Å². The molecule has 84 valence electrons. The van der Waals surface area contributed by atoms with Crippen LogP contribution in [0.2, 0.25) is 0 Å². The van der Waals surface area contributed by atoms with Gasteiger partial charge in [-0.3, -0.25) is 0 Å². The molecule has 0 amide bonds. The van der Waals surface area contributed by atoms with Crippen LogP contribution in [0, 0.1) is 0 Å². The largest absolute Gasteiger partial charge is 0.496 e. The Hall–Kier alpha value is -1.88. The van der Waals surface area contributed by atoms with E-state index in [2.05, 4.69) is 10.2 Å². The summed E-state index contributed by atoms with van der Waals surface area (Å²) in [6.07, 6.45) is 0. The van der Waals surface area contributed by atoms with Crippen molar-refractivity contribution < 1.29 is 4.74 Å². The van der Waals surface area contributed by atoms with Gasteiger partial charge in [-0.1, -0.05) is 12.1 Å². The van der Waals surface area contributed by atoms with Crippen molar-refractivity contribution in [1.29, 1.82) is 0 Å². The Morgan fingerprint density at radius 1 is 1.31 bits per heavy atom. The SMILES string of the molecule is COc1ccccc1-c1nnc(CN)n1C. The zero-order chi connectivity index (χ0) is 11.5. The van der Waals surface area contributed by atoms with E-state index in [1.807, 2.05) is 35.9 Å². The monoisotopic (exact) mass is 218 g/mol. The number of nitrogens with two attached hydrogens (primary N) is 1. The summed E-state index contributed by atoms with van der Waals surface area (Å²) in [6.45, 7) is 0.374. The molecule has 0 radical (unpaired) electrons. The van der Waals surface area contributed by atoms with Gasteiger partial charge in [-0.05, 0) is 12.1 Å². The predicted molar refractivity (Wildman–Crippen MR) is 60.9 cm³/mol. The third-order valence-corrected chi connectivity index (χ3v) is 2.50. The van der Waals surface area contributed by atoms with Gasteiger partial charge in [0.15, 0.2) is 5.82 Å². The molecule has 5 nitrogen and oxygen atoms in total. The number of hydrogen-bond acceptors (Lipinski definition) is 4. The maximum Gasteiger partial charge on any atom is 0.167 e. The van der Waals surface area contributed by atoms with Gasteiger partial charge >= 0.3 is 0 Å². The normalized spacial score (nSPS) is 10.4. The first-order valence-electron chi connectivity index (χ1n) is 4.99. The minimum absolute atomic E-state index is 0.374. The van der Waals surface area contributed by atoms with E-state index in [9.17, 15) is 0 Å². The molecule has 0 saturated carbocycles. The summed E-state index contributed by atoms with van der Waals surface area (Å²) in [4.78, 5) is 0. The molecule has 5 heteroatoms. The lowest BCUT2D eigenvalue weighted by molar-refractivity contribution is 0.416. The number of aromatic nitrogens is 3. The minimum atomic E-state index is 0.374. The van der Waals surface area contributed by atoms with Crippen molar-refractivity contribution in [2.45, 2.75) is 6.54 Å². The molecule has 16 heavy (non-hydrogen) atoms. The highest BCUT2D eigenvalue weighted by Crippen LogP contribution is 2.27. The Morgan fingerprint density at radius 2 is 2.06 bits per heavy atom. The van der Waals surface area contributed by atoms with E-state index in [1.165, 1.54) is 0 Å². The van der Waals surface area contributed by atoms with E-state index in [0.29, 0.717) is 6.54 Å². The van der Waals surface area contributed by atoms with E-state index < -0.39 is 0 Å². The number of methoxy groups -OCH3 is 1. The molecular formula is C11H14N4O. The Kier molecular flexibility index (Phi) is 2.87. The average Bonchev–Trinajstić information content (AvgIpc) is 2.70. The van der Waals surface area contributed by atoms with Crippen LogP contribution in [0.4, 0.5) is 0 Å². The van der Waals surface area contributed by atoms with Crippen LogP contribution >= 0.6 is 0 Å². The zero-order valence-corrected chi connectivity index (χ0v) is 9.34. The van der Waals surface area contributed by atoms with Gasteiger partial charge in [-0.2, -0.15) is 0 Å². The summed E-state index contributed by atoms with van der Waals surface area (Å²) in [7, 11) is 3.53. The molecule has 0 spiro atoms. The second-order valence-electron chi connectivity index (χ2n) is 3.40. The first-order valence-corrected chi connectivity index (χ1v) is 4.99. The van der Waals surface area contributed by atoms with Crippen LogP contribution in [0.25, 0.3) is 11.4 Å². The van der Waals surface area contributed by atoms with E-state index in [1.54, 1.807) is 7.11 Å². The molecular weight excluding hydrogens is 204 g/mol. The van der Waals surface area contributed by atoms with Gasteiger partial charge in [0, 0.05) is 7.05 Å². The van der Waals surface area contributed by atoms with Crippen molar-refractivity contribution >= 4 is 0 Å². The maximum atomic E-state index is 5.56. The second kappa shape index (κ2) is 4.32. The predicted octanol–water partition coefficient (Wildman–Crippen LogP) is 0.949. The van der Waals surface area contributed by atoms with Crippen LogP contribution in [-0.2, 0) is 13.6 Å². The molecule has 2 N–H and O–H groups in total. The summed E-state index contributed by atoms with van der Waals surface area (Å²) in [5, 5.41) is 8.14. The van der Waals surface area contributed by atoms with Crippen LogP contribution in [0.5, 0.6) is 5.75 Å². The highest BCUT2D eigenvalue weighted by molar-refractivity contribution is 5.64. The molecule has 1 aromatic carbocycles. The van der Waals surface area contributed by atoms with E-state index >= 15 is 0 Å². The zero-order valence-electron chi connectivity index (χ0n) is 9.34. The third-order valence-electron chi connectivity index (χ3n) is 2.50. The molecule has 2 rings (SSSR count). The van der Waals surface area contributed by atoms with Crippen molar-refractivity contribution in [2.24, 2.45) is 12.8 Å². The first-order chi connectivity index (χ1) is 7.77. The van der Waals surface area contributed by atoms with Gasteiger partial charge in [-0.25, -0.2) is 0 Å². The second-order valence-corrected chi connectivity index (χ2v) is 3.40. The van der Waals surface area contributed by atoms with Crippen LogP contribution in [-0.4, -0.2) is 21.9 Å². The first kappa shape index (κ1) is 10.6. The van der Waals surface area contributed by atoms with Gasteiger partial charge < -0.3 is 15.0 Å². The molecule has 0 saturated heterocycles. The highest BCUT2D eigenvalue weighted by Gasteiger charge is 2.12. The fourth-order valence-corrected chi connectivity index (χ4v) is 1.60. The van der Waals surface area contributed by atoms with Crippen LogP contribution in [0.15, 0.2) is 24.3 Å². The van der Waals surface area contributed by atoms with Gasteiger partial charge in [0.2, 0.25) is 0 Å². The smallest absolute Gasteiger partial charge is 0.167 e. The number of benzene rings is 1. The van der Waals surface area contributed by atoms with Crippen LogP contribution in [0.1, 0.15) is 5.82 Å². The van der Waals surface area contributed by atoms with Gasteiger partial charge in [-0.15, -0.1) is 10.2 Å². The number of para-hydroxylation sites is 1. The summed E-state index contributed by atoms with van der Waals surface area (Å²) in [5.41, 5.74) is 6.47. The van der Waals surface area contributed by atoms with Crippen molar-refractivity contribution in [2.75, 3.05) is 7.11 Å². The fourth-order valence-electron chi connectivity index (χ4n) is 1.60. The average molecular weight is 218 g/mol. The van der Waals surface area contributed by atoms with Crippen LogP contribution < -0.4 is 10.5 Å². The summed E-state index contributed by atoms with van der Waals surface area (Å²) in [6, 6.07) is 7.70. The Balaban J connectivity index is 2.54. The summed E-state index contributed by atoms with van der Waals surface area (Å²) in [5.74, 6) is 2.29. The molecule has 2 aromatic rings. The molecule has 0 aliphatic rings. The van der Waals surface area contributed by atoms with E-state index in [0.717, 1.165) is 23.0 Å². The lowest BCUT2D eigenvalue weighted by Crippen LogP contribution is -2.05. The molecule has 0 aliphatic heterocycles. The van der Waals surface area contributed by atoms with Crippen molar-refractivity contribution in [3.8, 4) is 17.1 Å².